The molecule has 0 bridgehead atoms. The highest BCUT2D eigenvalue weighted by Gasteiger charge is 1.97. The van der Waals surface area contributed by atoms with Gasteiger partial charge in [0.05, 0.1) is 5.56 Å². The maximum absolute atomic E-state index is 8.51. The molecule has 0 aliphatic heterocycles. The van der Waals surface area contributed by atoms with E-state index in [1.165, 1.54) is 5.69 Å². The van der Waals surface area contributed by atoms with E-state index in [-0.39, 0.29) is 0 Å². The van der Waals surface area contributed by atoms with Gasteiger partial charge in [-0.3, -0.25) is 0 Å². The molecule has 0 aromatic carbocycles. The summed E-state index contributed by atoms with van der Waals surface area (Å²) in [6.07, 6.45) is 2.83. The van der Waals surface area contributed by atoms with E-state index < -0.39 is 0 Å². The van der Waals surface area contributed by atoms with Crippen LogP contribution in [0.25, 0.3) is 0 Å². The van der Waals surface area contributed by atoms with E-state index in [1.54, 1.807) is 0 Å². The van der Waals surface area contributed by atoms with E-state index in [9.17, 15) is 0 Å². The molecule has 0 fully saturated rings. The number of hydrogen-bond donors (Lipinski definition) is 0. The zero-order chi connectivity index (χ0) is 7.56. The van der Waals surface area contributed by atoms with Crippen molar-refractivity contribution in [2.24, 2.45) is 7.05 Å². The van der Waals surface area contributed by atoms with Crippen LogP contribution in [-0.4, -0.2) is 4.57 Å². The molecule has 0 spiro atoms. The largest absolute Gasteiger partial charge is 0.353 e. The molecular weight excluding hydrogens is 124 g/mol. The summed E-state index contributed by atoms with van der Waals surface area (Å²) in [4.78, 5) is 0. The first-order valence-electron chi connectivity index (χ1n) is 3.33. The summed E-state index contributed by atoms with van der Waals surface area (Å²) in [5.74, 6) is 0. The van der Waals surface area contributed by atoms with Gasteiger partial charge in [-0.25, -0.2) is 0 Å². The standard InChI is InChI=1S/C8H10N2/c1-3-8-4-7(5-9)6-10(8)2/h4,6H,3H2,1-2H3. The van der Waals surface area contributed by atoms with Crippen molar-refractivity contribution in [1.29, 1.82) is 5.26 Å². The van der Waals surface area contributed by atoms with Gasteiger partial charge in [-0.1, -0.05) is 6.92 Å². The molecule has 0 aliphatic carbocycles. The molecule has 52 valence electrons. The van der Waals surface area contributed by atoms with Crippen LogP contribution in [0.4, 0.5) is 0 Å². The quantitative estimate of drug-likeness (QED) is 0.571. The normalized spacial score (nSPS) is 9.30. The Morgan fingerprint density at radius 3 is 2.70 bits per heavy atom. The second-order valence-corrected chi connectivity index (χ2v) is 2.30. The Balaban J connectivity index is 3.07. The number of aryl methyl sites for hydroxylation is 2. The fraction of sp³-hybridized carbons (Fsp3) is 0.375. The summed E-state index contributed by atoms with van der Waals surface area (Å²) in [5, 5.41) is 8.51. The van der Waals surface area contributed by atoms with Gasteiger partial charge >= 0.3 is 0 Å². The molecule has 1 rings (SSSR count). The first-order valence-corrected chi connectivity index (χ1v) is 3.33. The highest BCUT2D eigenvalue weighted by Crippen LogP contribution is 2.05. The lowest BCUT2D eigenvalue weighted by Crippen LogP contribution is -1.90. The van der Waals surface area contributed by atoms with Crippen molar-refractivity contribution in [3.63, 3.8) is 0 Å². The predicted molar refractivity (Wildman–Crippen MR) is 39.5 cm³/mol. The molecule has 2 nitrogen and oxygen atoms in total. The maximum Gasteiger partial charge on any atom is 0.101 e. The number of nitriles is 1. The van der Waals surface area contributed by atoms with Crippen LogP contribution in [0.1, 0.15) is 18.2 Å². The molecule has 0 unspecified atom stereocenters. The molecular formula is C8H10N2. The Labute approximate surface area is 60.7 Å². The van der Waals surface area contributed by atoms with Crippen molar-refractivity contribution >= 4 is 0 Å². The Morgan fingerprint density at radius 2 is 2.40 bits per heavy atom. The number of aromatic nitrogens is 1. The van der Waals surface area contributed by atoms with Crippen LogP contribution in [0.5, 0.6) is 0 Å². The molecule has 2 heteroatoms. The zero-order valence-corrected chi connectivity index (χ0v) is 6.26. The second-order valence-electron chi connectivity index (χ2n) is 2.30. The van der Waals surface area contributed by atoms with E-state index in [4.69, 9.17) is 5.26 Å². The van der Waals surface area contributed by atoms with Gasteiger partial charge in [-0.05, 0) is 12.5 Å². The van der Waals surface area contributed by atoms with Crippen molar-refractivity contribution in [2.75, 3.05) is 0 Å². The summed E-state index contributed by atoms with van der Waals surface area (Å²) in [6, 6.07) is 4.02. The smallest absolute Gasteiger partial charge is 0.101 e. The van der Waals surface area contributed by atoms with E-state index >= 15 is 0 Å². The third-order valence-electron chi connectivity index (χ3n) is 1.60. The SMILES string of the molecule is CCc1cc(C#N)cn1C. The number of nitrogens with zero attached hydrogens (tertiary/aromatic N) is 2. The van der Waals surface area contributed by atoms with E-state index in [0.29, 0.717) is 0 Å². The van der Waals surface area contributed by atoms with E-state index in [0.717, 1.165) is 12.0 Å². The van der Waals surface area contributed by atoms with Gasteiger partial charge in [-0.15, -0.1) is 0 Å². The fourth-order valence-electron chi connectivity index (χ4n) is 1.02. The monoisotopic (exact) mass is 134 g/mol. The molecule has 0 amide bonds. The molecule has 0 saturated carbocycles. The Morgan fingerprint density at radius 1 is 1.70 bits per heavy atom. The first-order chi connectivity index (χ1) is 4.77. The van der Waals surface area contributed by atoms with Gasteiger partial charge in [0.25, 0.3) is 0 Å². The average molecular weight is 134 g/mol. The summed E-state index contributed by atoms with van der Waals surface area (Å²) in [5.41, 5.74) is 1.95. The van der Waals surface area contributed by atoms with Gasteiger partial charge in [0, 0.05) is 18.9 Å². The second kappa shape index (κ2) is 2.57. The van der Waals surface area contributed by atoms with Gasteiger partial charge in [0.1, 0.15) is 6.07 Å². The zero-order valence-electron chi connectivity index (χ0n) is 6.26. The van der Waals surface area contributed by atoms with Crippen LogP contribution < -0.4 is 0 Å². The van der Waals surface area contributed by atoms with Crippen molar-refractivity contribution in [3.05, 3.63) is 23.5 Å². The molecule has 1 aromatic heterocycles. The van der Waals surface area contributed by atoms with Crippen LogP contribution in [0.15, 0.2) is 12.3 Å². The van der Waals surface area contributed by atoms with E-state index in [2.05, 4.69) is 13.0 Å². The lowest BCUT2D eigenvalue weighted by molar-refractivity contribution is 0.837. The molecule has 1 aromatic rings. The predicted octanol–water partition coefficient (Wildman–Crippen LogP) is 1.46. The summed E-state index contributed by atoms with van der Waals surface area (Å²) in [6.45, 7) is 2.08. The Kier molecular flexibility index (Phi) is 1.77. The molecule has 0 radical (unpaired) electrons. The Hall–Kier alpha value is -1.23. The van der Waals surface area contributed by atoms with Gasteiger partial charge < -0.3 is 4.57 Å². The van der Waals surface area contributed by atoms with Gasteiger partial charge in [0.2, 0.25) is 0 Å². The van der Waals surface area contributed by atoms with Crippen LogP contribution in [-0.2, 0) is 13.5 Å². The third kappa shape index (κ3) is 1.03. The molecule has 0 N–H and O–H groups in total. The van der Waals surface area contributed by atoms with E-state index in [1.807, 2.05) is 23.9 Å². The fourth-order valence-corrected chi connectivity index (χ4v) is 1.02. The highest BCUT2D eigenvalue weighted by atomic mass is 14.9. The molecule has 1 heterocycles. The van der Waals surface area contributed by atoms with Crippen molar-refractivity contribution in [2.45, 2.75) is 13.3 Å². The van der Waals surface area contributed by atoms with Crippen molar-refractivity contribution in [1.82, 2.24) is 4.57 Å². The molecule has 0 aliphatic rings. The topological polar surface area (TPSA) is 28.7 Å². The minimum atomic E-state index is 0.749. The average Bonchev–Trinajstić information content (AvgIpc) is 2.30. The minimum Gasteiger partial charge on any atom is -0.353 e. The lowest BCUT2D eigenvalue weighted by Gasteiger charge is -1.94. The highest BCUT2D eigenvalue weighted by molar-refractivity contribution is 5.29. The van der Waals surface area contributed by atoms with Gasteiger partial charge in [0.15, 0.2) is 0 Å². The first kappa shape index (κ1) is 6.88. The van der Waals surface area contributed by atoms with Crippen LogP contribution in [0, 0.1) is 11.3 Å². The summed E-state index contributed by atoms with van der Waals surface area (Å²) >= 11 is 0. The van der Waals surface area contributed by atoms with Gasteiger partial charge in [-0.2, -0.15) is 5.26 Å². The lowest BCUT2D eigenvalue weighted by atomic mass is 10.3. The number of hydrogen-bond acceptors (Lipinski definition) is 1. The molecule has 0 saturated heterocycles. The summed E-state index contributed by atoms with van der Waals surface area (Å²) < 4.78 is 1.98. The van der Waals surface area contributed by atoms with Crippen LogP contribution in [0.2, 0.25) is 0 Å². The van der Waals surface area contributed by atoms with Crippen molar-refractivity contribution < 1.29 is 0 Å². The summed E-state index contributed by atoms with van der Waals surface area (Å²) in [7, 11) is 1.96. The minimum absolute atomic E-state index is 0.749. The third-order valence-corrected chi connectivity index (χ3v) is 1.60. The van der Waals surface area contributed by atoms with Crippen molar-refractivity contribution in [3.8, 4) is 6.07 Å². The van der Waals surface area contributed by atoms with Crippen LogP contribution in [0.3, 0.4) is 0 Å². The Bertz CT molecular complexity index is 265. The number of rotatable bonds is 1. The van der Waals surface area contributed by atoms with Crippen LogP contribution >= 0.6 is 0 Å². The maximum atomic E-state index is 8.51. The molecule has 10 heavy (non-hydrogen) atoms. The molecule has 0 atom stereocenters.